The Morgan fingerprint density at radius 1 is 1.19 bits per heavy atom. The summed E-state index contributed by atoms with van der Waals surface area (Å²) in [6.07, 6.45) is 3.37. The lowest BCUT2D eigenvalue weighted by Gasteiger charge is -2.29. The van der Waals surface area contributed by atoms with Gasteiger partial charge in [0, 0.05) is 18.9 Å². The molecule has 0 spiro atoms. The number of fused-ring (bicyclic) bond motifs is 1. The van der Waals surface area contributed by atoms with Gasteiger partial charge in [-0.1, -0.05) is 6.07 Å². The maximum absolute atomic E-state index is 12.4. The summed E-state index contributed by atoms with van der Waals surface area (Å²) < 4.78 is 1.83. The van der Waals surface area contributed by atoms with Crippen molar-refractivity contribution >= 4 is 11.7 Å². The molecule has 0 bridgehead atoms. The molecule has 4 rings (SSSR count). The van der Waals surface area contributed by atoms with Crippen molar-refractivity contribution in [2.24, 2.45) is 0 Å². The molecule has 0 aliphatic carbocycles. The molecule has 1 N–H and O–H groups in total. The smallest absolute Gasteiger partial charge is 0.272 e. The van der Waals surface area contributed by atoms with E-state index in [9.17, 15) is 10.1 Å². The molecule has 0 radical (unpaired) electrons. The zero-order valence-corrected chi connectivity index (χ0v) is 14.5. The lowest BCUT2D eigenvalue weighted by molar-refractivity contribution is 0.0944. The molecule has 1 aliphatic rings. The third-order valence-corrected chi connectivity index (χ3v) is 4.39. The lowest BCUT2D eigenvalue weighted by atomic mass is 10.2. The van der Waals surface area contributed by atoms with Crippen LogP contribution in [0.2, 0.25) is 0 Å². The van der Waals surface area contributed by atoms with Crippen LogP contribution in [0.15, 0.2) is 48.8 Å². The van der Waals surface area contributed by atoms with Crippen molar-refractivity contribution in [1.29, 1.82) is 5.26 Å². The van der Waals surface area contributed by atoms with Crippen molar-refractivity contribution in [3.8, 4) is 6.07 Å². The first-order chi connectivity index (χ1) is 13.2. The Balaban J connectivity index is 1.47. The highest BCUT2D eigenvalue weighted by atomic mass is 16.1. The van der Waals surface area contributed by atoms with Crippen LogP contribution in [0.1, 0.15) is 27.4 Å². The van der Waals surface area contributed by atoms with Crippen LogP contribution in [0.25, 0.3) is 0 Å². The van der Waals surface area contributed by atoms with Crippen molar-refractivity contribution in [2.75, 3.05) is 11.4 Å². The molecule has 27 heavy (non-hydrogen) atoms. The average molecular weight is 359 g/mol. The normalized spacial score (nSPS) is 12.9. The van der Waals surface area contributed by atoms with Gasteiger partial charge in [0.2, 0.25) is 0 Å². The van der Waals surface area contributed by atoms with Crippen molar-refractivity contribution in [1.82, 2.24) is 25.1 Å². The van der Waals surface area contributed by atoms with Crippen LogP contribution >= 0.6 is 0 Å². The molecule has 8 heteroatoms. The number of nitriles is 1. The Morgan fingerprint density at radius 3 is 2.89 bits per heavy atom. The van der Waals surface area contributed by atoms with Crippen LogP contribution < -0.4 is 10.2 Å². The Labute approximate surface area is 156 Å². The van der Waals surface area contributed by atoms with Crippen molar-refractivity contribution in [3.05, 3.63) is 71.4 Å². The highest BCUT2D eigenvalue weighted by molar-refractivity contribution is 5.92. The summed E-state index contributed by atoms with van der Waals surface area (Å²) in [4.78, 5) is 23.0. The molecular weight excluding hydrogens is 342 g/mol. The fourth-order valence-corrected chi connectivity index (χ4v) is 3.06. The third-order valence-electron chi connectivity index (χ3n) is 4.39. The van der Waals surface area contributed by atoms with Gasteiger partial charge in [-0.2, -0.15) is 10.4 Å². The molecule has 0 saturated carbocycles. The average Bonchev–Trinajstić information content (AvgIpc) is 3.16. The molecule has 0 fully saturated rings. The van der Waals surface area contributed by atoms with E-state index in [4.69, 9.17) is 0 Å². The molecule has 0 unspecified atom stereocenters. The van der Waals surface area contributed by atoms with E-state index in [0.29, 0.717) is 43.3 Å². The SMILES string of the molecule is N#Cc1cccnc1N1CCn2nc(C(=O)NCc3ccccn3)cc2C1. The predicted molar refractivity (Wildman–Crippen MR) is 97.6 cm³/mol. The van der Waals surface area contributed by atoms with Gasteiger partial charge in [0.25, 0.3) is 5.91 Å². The van der Waals surface area contributed by atoms with Gasteiger partial charge in [-0.25, -0.2) is 4.98 Å². The third kappa shape index (κ3) is 3.48. The summed E-state index contributed by atoms with van der Waals surface area (Å²) in [5, 5.41) is 16.5. The van der Waals surface area contributed by atoms with Gasteiger partial charge in [-0.3, -0.25) is 14.5 Å². The molecule has 3 aromatic heterocycles. The van der Waals surface area contributed by atoms with Gasteiger partial charge >= 0.3 is 0 Å². The van der Waals surface area contributed by atoms with Gasteiger partial charge in [-0.15, -0.1) is 0 Å². The van der Waals surface area contributed by atoms with Crippen LogP contribution in [-0.4, -0.2) is 32.2 Å². The minimum Gasteiger partial charge on any atom is -0.348 e. The monoisotopic (exact) mass is 359 g/mol. The van der Waals surface area contributed by atoms with Gasteiger partial charge in [-0.05, 0) is 30.3 Å². The number of hydrogen-bond donors (Lipinski definition) is 1. The van der Waals surface area contributed by atoms with Crippen LogP contribution in [0, 0.1) is 11.3 Å². The summed E-state index contributed by atoms with van der Waals surface area (Å²) in [6.45, 7) is 2.21. The lowest BCUT2D eigenvalue weighted by Crippen LogP contribution is -2.34. The minimum absolute atomic E-state index is 0.232. The van der Waals surface area contributed by atoms with E-state index in [1.807, 2.05) is 27.8 Å². The molecule has 134 valence electrons. The minimum atomic E-state index is -0.232. The van der Waals surface area contributed by atoms with Gasteiger partial charge in [0.05, 0.1) is 36.6 Å². The molecule has 0 atom stereocenters. The molecule has 1 amide bonds. The van der Waals surface area contributed by atoms with Crippen LogP contribution in [0.3, 0.4) is 0 Å². The number of pyridine rings is 2. The van der Waals surface area contributed by atoms with E-state index in [2.05, 4.69) is 26.5 Å². The summed E-state index contributed by atoms with van der Waals surface area (Å²) >= 11 is 0. The Kier molecular flexibility index (Phi) is 4.49. The topological polar surface area (TPSA) is 99.7 Å². The van der Waals surface area contributed by atoms with E-state index >= 15 is 0 Å². The number of carbonyl (C=O) groups is 1. The molecule has 8 nitrogen and oxygen atoms in total. The summed E-state index contributed by atoms with van der Waals surface area (Å²) in [5.41, 5.74) is 2.63. The summed E-state index contributed by atoms with van der Waals surface area (Å²) in [6, 6.07) is 13.0. The zero-order valence-electron chi connectivity index (χ0n) is 14.5. The standard InChI is InChI=1S/C19H17N7O/c20-11-14-4-3-7-22-18(14)25-8-9-26-16(13-25)10-17(24-26)19(27)23-12-15-5-1-2-6-21-15/h1-7,10H,8-9,12-13H2,(H,23,27). The highest BCUT2D eigenvalue weighted by Gasteiger charge is 2.23. The second kappa shape index (κ2) is 7.25. The number of carbonyl (C=O) groups excluding carboxylic acids is 1. The maximum atomic E-state index is 12.4. The summed E-state index contributed by atoms with van der Waals surface area (Å²) in [7, 11) is 0. The van der Waals surface area contributed by atoms with E-state index < -0.39 is 0 Å². The Bertz CT molecular complexity index is 1010. The molecule has 4 heterocycles. The Morgan fingerprint density at radius 2 is 2.07 bits per heavy atom. The van der Waals surface area contributed by atoms with Crippen molar-refractivity contribution in [2.45, 2.75) is 19.6 Å². The van der Waals surface area contributed by atoms with Crippen molar-refractivity contribution in [3.63, 3.8) is 0 Å². The molecule has 1 aliphatic heterocycles. The largest absolute Gasteiger partial charge is 0.348 e. The number of nitrogens with one attached hydrogen (secondary N) is 1. The first kappa shape index (κ1) is 16.7. The van der Waals surface area contributed by atoms with E-state index in [-0.39, 0.29) is 5.91 Å². The second-order valence-corrected chi connectivity index (χ2v) is 6.16. The summed E-state index contributed by atoms with van der Waals surface area (Å²) in [5.74, 6) is 0.429. The maximum Gasteiger partial charge on any atom is 0.272 e. The van der Waals surface area contributed by atoms with Crippen molar-refractivity contribution < 1.29 is 4.79 Å². The van der Waals surface area contributed by atoms with Gasteiger partial charge in [0.1, 0.15) is 11.9 Å². The van der Waals surface area contributed by atoms with E-state index in [1.165, 1.54) is 0 Å². The zero-order chi connectivity index (χ0) is 18.6. The number of amides is 1. The first-order valence-electron chi connectivity index (χ1n) is 8.59. The van der Waals surface area contributed by atoms with Crippen LogP contribution in [-0.2, 0) is 19.6 Å². The van der Waals surface area contributed by atoms with Gasteiger partial charge < -0.3 is 10.2 Å². The molecule has 0 saturated heterocycles. The molecular formula is C19H17N7O. The highest BCUT2D eigenvalue weighted by Crippen LogP contribution is 2.22. The fraction of sp³-hybridized carbons (Fsp3) is 0.211. The number of hydrogen-bond acceptors (Lipinski definition) is 6. The number of aromatic nitrogens is 4. The Hall–Kier alpha value is -3.73. The van der Waals surface area contributed by atoms with E-state index in [1.54, 1.807) is 30.6 Å². The molecule has 0 aromatic carbocycles. The quantitative estimate of drug-likeness (QED) is 0.758. The predicted octanol–water partition coefficient (Wildman–Crippen LogP) is 1.49. The number of rotatable bonds is 4. The number of anilines is 1. The van der Waals surface area contributed by atoms with Crippen LogP contribution in [0.5, 0.6) is 0 Å². The van der Waals surface area contributed by atoms with E-state index in [0.717, 1.165) is 11.4 Å². The first-order valence-corrected chi connectivity index (χ1v) is 8.59. The number of nitrogens with zero attached hydrogens (tertiary/aromatic N) is 6. The van der Waals surface area contributed by atoms with Gasteiger partial charge in [0.15, 0.2) is 5.69 Å². The second-order valence-electron chi connectivity index (χ2n) is 6.16. The van der Waals surface area contributed by atoms with Crippen LogP contribution in [0.4, 0.5) is 5.82 Å². The fourth-order valence-electron chi connectivity index (χ4n) is 3.06. The molecule has 3 aromatic rings.